The molecule has 0 bridgehead atoms. The van der Waals surface area contributed by atoms with Crippen molar-refractivity contribution in [2.24, 2.45) is 0 Å². The second-order valence-corrected chi connectivity index (χ2v) is 5.47. The van der Waals surface area contributed by atoms with Crippen LogP contribution < -0.4 is 0 Å². The first-order chi connectivity index (χ1) is 8.01. The van der Waals surface area contributed by atoms with E-state index < -0.39 is 11.1 Å². The number of carbonyl (C=O) groups excluding carboxylic acids is 1. The van der Waals surface area contributed by atoms with Crippen molar-refractivity contribution in [2.45, 2.75) is 50.6 Å². The fourth-order valence-corrected chi connectivity index (χ4v) is 3.20. The van der Waals surface area contributed by atoms with Gasteiger partial charge in [0.2, 0.25) is 0 Å². The first-order valence-electron chi connectivity index (χ1n) is 6.25. The highest BCUT2D eigenvalue weighted by molar-refractivity contribution is 5.78. The smallest absolute Gasteiger partial charge is 0.150 e. The summed E-state index contributed by atoms with van der Waals surface area (Å²) in [4.78, 5) is 11.1. The predicted octanol–water partition coefficient (Wildman–Crippen LogP) is 4.06. The maximum Gasteiger partial charge on any atom is 0.150 e. The van der Waals surface area contributed by atoms with Gasteiger partial charge in [0.25, 0.3) is 0 Å². The summed E-state index contributed by atoms with van der Waals surface area (Å²) in [7, 11) is 0. The molecular formula is C15H19FO. The van der Waals surface area contributed by atoms with Gasteiger partial charge in [0.05, 0.1) is 0 Å². The van der Waals surface area contributed by atoms with E-state index in [4.69, 9.17) is 0 Å². The molecule has 0 spiro atoms. The van der Waals surface area contributed by atoms with Crippen molar-refractivity contribution in [3.05, 3.63) is 35.4 Å². The minimum atomic E-state index is -1.29. The van der Waals surface area contributed by atoms with Crippen molar-refractivity contribution in [3.8, 4) is 0 Å². The monoisotopic (exact) mass is 234 g/mol. The Hall–Kier alpha value is -1.18. The maximum atomic E-state index is 14.6. The van der Waals surface area contributed by atoms with Crippen LogP contribution in [0.15, 0.2) is 24.3 Å². The van der Waals surface area contributed by atoms with Crippen molar-refractivity contribution >= 4 is 6.29 Å². The third-order valence-corrected chi connectivity index (χ3v) is 4.20. The van der Waals surface area contributed by atoms with E-state index in [9.17, 15) is 9.18 Å². The van der Waals surface area contributed by atoms with Crippen LogP contribution in [0.1, 0.15) is 55.5 Å². The van der Waals surface area contributed by atoms with Crippen molar-refractivity contribution in [1.29, 1.82) is 0 Å². The first-order valence-corrected chi connectivity index (χ1v) is 6.25. The van der Waals surface area contributed by atoms with E-state index >= 15 is 0 Å². The zero-order valence-corrected chi connectivity index (χ0v) is 10.5. The molecule has 17 heavy (non-hydrogen) atoms. The molecule has 92 valence electrons. The highest BCUT2D eigenvalue weighted by Gasteiger charge is 2.49. The molecule has 0 unspecified atom stereocenters. The normalized spacial score (nSPS) is 19.2. The molecule has 1 nitrogen and oxygen atoms in total. The molecular weight excluding hydrogens is 215 g/mol. The third-order valence-electron chi connectivity index (χ3n) is 4.20. The van der Waals surface area contributed by atoms with Gasteiger partial charge in [0, 0.05) is 11.0 Å². The van der Waals surface area contributed by atoms with Crippen molar-refractivity contribution < 1.29 is 9.18 Å². The Balaban J connectivity index is 2.58. The standard InChI is InChI=1S/C15H19FO/c1-14(2,16)15(9-5-6-10-15)13-8-4-3-7-12(13)11-17/h3-4,7-8,11H,5-6,9-10H2,1-2H3. The van der Waals surface area contributed by atoms with E-state index in [1.165, 1.54) is 0 Å². The van der Waals surface area contributed by atoms with Gasteiger partial charge in [-0.2, -0.15) is 0 Å². The zero-order valence-electron chi connectivity index (χ0n) is 10.5. The number of hydrogen-bond donors (Lipinski definition) is 0. The average molecular weight is 234 g/mol. The molecule has 0 atom stereocenters. The van der Waals surface area contributed by atoms with Gasteiger partial charge in [-0.15, -0.1) is 0 Å². The van der Waals surface area contributed by atoms with E-state index in [0.29, 0.717) is 5.56 Å². The summed E-state index contributed by atoms with van der Waals surface area (Å²) in [5.74, 6) is 0. The van der Waals surface area contributed by atoms with Gasteiger partial charge in [-0.1, -0.05) is 37.1 Å². The molecule has 0 radical (unpaired) electrons. The van der Waals surface area contributed by atoms with Gasteiger partial charge in [0.1, 0.15) is 12.0 Å². The summed E-state index contributed by atoms with van der Waals surface area (Å²) in [6.45, 7) is 3.28. The minimum Gasteiger partial charge on any atom is -0.298 e. The molecule has 1 saturated carbocycles. The Morgan fingerprint density at radius 1 is 1.24 bits per heavy atom. The second kappa shape index (κ2) is 4.25. The summed E-state index contributed by atoms with van der Waals surface area (Å²) >= 11 is 0. The molecule has 0 N–H and O–H groups in total. The lowest BCUT2D eigenvalue weighted by atomic mass is 9.67. The van der Waals surface area contributed by atoms with Gasteiger partial charge < -0.3 is 0 Å². The highest BCUT2D eigenvalue weighted by atomic mass is 19.1. The SMILES string of the molecule is CC(C)(F)C1(c2ccccc2C=O)CCCC1. The fourth-order valence-electron chi connectivity index (χ4n) is 3.20. The van der Waals surface area contributed by atoms with Gasteiger partial charge in [-0.3, -0.25) is 4.79 Å². The van der Waals surface area contributed by atoms with Crippen molar-refractivity contribution in [3.63, 3.8) is 0 Å². The van der Waals surface area contributed by atoms with Crippen LogP contribution in [0.25, 0.3) is 0 Å². The van der Waals surface area contributed by atoms with E-state index in [0.717, 1.165) is 37.5 Å². The number of halogens is 1. The second-order valence-electron chi connectivity index (χ2n) is 5.47. The number of aldehydes is 1. The van der Waals surface area contributed by atoms with E-state index in [1.807, 2.05) is 18.2 Å². The summed E-state index contributed by atoms with van der Waals surface area (Å²) < 4.78 is 14.6. The molecule has 1 fully saturated rings. The highest BCUT2D eigenvalue weighted by Crippen LogP contribution is 2.51. The van der Waals surface area contributed by atoms with E-state index in [1.54, 1.807) is 19.9 Å². The summed E-state index contributed by atoms with van der Waals surface area (Å²) in [5.41, 5.74) is -0.243. The molecule has 0 heterocycles. The molecule has 2 rings (SSSR count). The van der Waals surface area contributed by atoms with Gasteiger partial charge in [-0.05, 0) is 32.3 Å². The van der Waals surface area contributed by atoms with Crippen LogP contribution in [0.3, 0.4) is 0 Å². The van der Waals surface area contributed by atoms with Crippen LogP contribution in [0.5, 0.6) is 0 Å². The minimum absolute atomic E-state index is 0.482. The van der Waals surface area contributed by atoms with Crippen LogP contribution >= 0.6 is 0 Å². The number of carbonyl (C=O) groups is 1. The molecule has 2 heteroatoms. The Morgan fingerprint density at radius 2 is 1.82 bits per heavy atom. The number of rotatable bonds is 3. The first kappa shape index (κ1) is 12.3. The third kappa shape index (κ3) is 1.90. The summed E-state index contributed by atoms with van der Waals surface area (Å²) in [5, 5.41) is 0. The van der Waals surface area contributed by atoms with Crippen molar-refractivity contribution in [1.82, 2.24) is 0 Å². The largest absolute Gasteiger partial charge is 0.298 e. The maximum absolute atomic E-state index is 14.6. The van der Waals surface area contributed by atoms with Crippen LogP contribution in [0.2, 0.25) is 0 Å². The van der Waals surface area contributed by atoms with Crippen LogP contribution in [0.4, 0.5) is 4.39 Å². The van der Waals surface area contributed by atoms with E-state index in [-0.39, 0.29) is 0 Å². The molecule has 1 aliphatic rings. The topological polar surface area (TPSA) is 17.1 Å². The van der Waals surface area contributed by atoms with Crippen LogP contribution in [0, 0.1) is 0 Å². The average Bonchev–Trinajstić information content (AvgIpc) is 2.78. The summed E-state index contributed by atoms with van der Waals surface area (Å²) in [6.07, 6.45) is 4.60. The number of alkyl halides is 1. The Labute approximate surface area is 102 Å². The Bertz CT molecular complexity index is 411. The fraction of sp³-hybridized carbons (Fsp3) is 0.533. The van der Waals surface area contributed by atoms with Crippen LogP contribution in [-0.4, -0.2) is 12.0 Å². The van der Waals surface area contributed by atoms with E-state index in [2.05, 4.69) is 0 Å². The molecule has 1 aromatic carbocycles. The van der Waals surface area contributed by atoms with Gasteiger partial charge >= 0.3 is 0 Å². The Kier molecular flexibility index (Phi) is 3.07. The Morgan fingerprint density at radius 3 is 2.35 bits per heavy atom. The summed E-state index contributed by atoms with van der Waals surface area (Å²) in [6, 6.07) is 7.43. The molecule has 0 saturated heterocycles. The number of hydrogen-bond acceptors (Lipinski definition) is 1. The lowest BCUT2D eigenvalue weighted by Gasteiger charge is -2.39. The molecule has 1 aromatic rings. The van der Waals surface area contributed by atoms with Crippen LogP contribution in [-0.2, 0) is 5.41 Å². The molecule has 1 aliphatic carbocycles. The lowest BCUT2D eigenvalue weighted by molar-refractivity contribution is 0.0903. The van der Waals surface area contributed by atoms with Crippen molar-refractivity contribution in [2.75, 3.05) is 0 Å². The molecule has 0 aromatic heterocycles. The predicted molar refractivity (Wildman–Crippen MR) is 67.2 cm³/mol. The lowest BCUT2D eigenvalue weighted by Crippen LogP contribution is -2.42. The number of benzene rings is 1. The van der Waals surface area contributed by atoms with Gasteiger partial charge in [0.15, 0.2) is 0 Å². The zero-order chi connectivity index (χ0) is 12.5. The van der Waals surface area contributed by atoms with Gasteiger partial charge in [-0.25, -0.2) is 4.39 Å². The molecule has 0 amide bonds. The quantitative estimate of drug-likeness (QED) is 0.721. The molecule has 0 aliphatic heterocycles.